The zero-order chi connectivity index (χ0) is 26.4. The third kappa shape index (κ3) is 3.99. The van der Waals surface area contributed by atoms with Gasteiger partial charge in [0.15, 0.2) is 28.4 Å². The fourth-order valence-corrected chi connectivity index (χ4v) is 5.22. The second-order valence-electron chi connectivity index (χ2n) is 8.85. The van der Waals surface area contributed by atoms with Gasteiger partial charge in [-0.1, -0.05) is 40.7 Å². The van der Waals surface area contributed by atoms with Crippen LogP contribution in [-0.2, 0) is 6.54 Å². The summed E-state index contributed by atoms with van der Waals surface area (Å²) in [6.45, 7) is 4.35. The van der Waals surface area contributed by atoms with E-state index >= 15 is 0 Å². The second kappa shape index (κ2) is 9.57. The first kappa shape index (κ1) is 24.1. The second-order valence-corrected chi connectivity index (χ2v) is 9.76. The molecule has 2 aliphatic rings. The van der Waals surface area contributed by atoms with Crippen LogP contribution in [0.15, 0.2) is 80.9 Å². The molecule has 1 aromatic heterocycles. The lowest BCUT2D eigenvalue weighted by atomic mass is 9.97. The summed E-state index contributed by atoms with van der Waals surface area (Å²) < 4.78 is 29.0. The van der Waals surface area contributed by atoms with E-state index in [1.807, 2.05) is 24.3 Å². The molecule has 0 N–H and O–H groups in total. The Hall–Kier alpha value is -4.24. The first-order valence-corrected chi connectivity index (χ1v) is 12.6. The molecule has 1 atom stereocenters. The summed E-state index contributed by atoms with van der Waals surface area (Å²) in [4.78, 5) is 29.3. The molecule has 6 rings (SSSR count). The Balaban J connectivity index is 1.51. The number of amides is 1. The van der Waals surface area contributed by atoms with Gasteiger partial charge in [0.05, 0.1) is 24.1 Å². The largest absolute Gasteiger partial charge is 0.493 e. The molecule has 0 radical (unpaired) electrons. The van der Waals surface area contributed by atoms with Gasteiger partial charge in [0.25, 0.3) is 5.91 Å². The molecule has 0 fully saturated rings. The SMILES string of the molecule is C=CCOc1ccc(C2c3c(oc4ccc(Br)cc4c3=O)C(=O)N2Cc2ccc3c(c2)OCO3)cc1OC. The van der Waals surface area contributed by atoms with Gasteiger partial charge >= 0.3 is 0 Å². The standard InChI is InChI=1S/C29H22BrNO7/c1-3-10-35-21-8-5-17(12-23(21)34-2)26-25-27(32)19-13-18(30)6-9-20(19)38-28(25)29(33)31(26)14-16-4-7-22-24(11-16)37-15-36-22/h3-9,11-13,26H,1,10,14-15H2,2H3. The fraction of sp³-hybridized carbons (Fsp3) is 0.172. The maximum atomic E-state index is 13.9. The molecule has 3 heterocycles. The maximum absolute atomic E-state index is 13.9. The monoisotopic (exact) mass is 575 g/mol. The van der Waals surface area contributed by atoms with Crippen molar-refractivity contribution in [1.29, 1.82) is 0 Å². The molecule has 0 aliphatic carbocycles. The third-order valence-corrected chi connectivity index (χ3v) is 7.07. The van der Waals surface area contributed by atoms with Crippen molar-refractivity contribution in [2.75, 3.05) is 20.5 Å². The first-order chi connectivity index (χ1) is 18.5. The van der Waals surface area contributed by atoms with Crippen LogP contribution in [0.3, 0.4) is 0 Å². The lowest BCUT2D eigenvalue weighted by Crippen LogP contribution is -2.29. The summed E-state index contributed by atoms with van der Waals surface area (Å²) in [6.07, 6.45) is 1.64. The molecule has 38 heavy (non-hydrogen) atoms. The Morgan fingerprint density at radius 2 is 1.89 bits per heavy atom. The van der Waals surface area contributed by atoms with Crippen molar-refractivity contribution >= 4 is 32.8 Å². The number of carbonyl (C=O) groups is 1. The number of nitrogens with zero attached hydrogens (tertiary/aromatic N) is 1. The number of hydrogen-bond donors (Lipinski definition) is 0. The fourth-order valence-electron chi connectivity index (χ4n) is 4.86. The Morgan fingerprint density at radius 3 is 2.71 bits per heavy atom. The Kier molecular flexibility index (Phi) is 6.07. The number of ether oxygens (including phenoxy) is 4. The number of rotatable bonds is 7. The predicted octanol–water partition coefficient (Wildman–Crippen LogP) is 5.60. The van der Waals surface area contributed by atoms with E-state index in [2.05, 4.69) is 22.5 Å². The van der Waals surface area contributed by atoms with Crippen LogP contribution in [0, 0.1) is 0 Å². The number of fused-ring (bicyclic) bond motifs is 3. The van der Waals surface area contributed by atoms with Gasteiger partial charge < -0.3 is 28.3 Å². The summed E-state index contributed by atoms with van der Waals surface area (Å²) in [5.74, 6) is 1.91. The highest BCUT2D eigenvalue weighted by Crippen LogP contribution is 2.42. The van der Waals surface area contributed by atoms with Crippen molar-refractivity contribution in [2.24, 2.45) is 0 Å². The molecule has 0 saturated carbocycles. The lowest BCUT2D eigenvalue weighted by Gasteiger charge is -2.26. The van der Waals surface area contributed by atoms with Crippen molar-refractivity contribution in [3.8, 4) is 23.0 Å². The Morgan fingerprint density at radius 1 is 1.05 bits per heavy atom. The van der Waals surface area contributed by atoms with E-state index in [-0.39, 0.29) is 36.0 Å². The summed E-state index contributed by atoms with van der Waals surface area (Å²) in [7, 11) is 1.54. The zero-order valence-electron chi connectivity index (χ0n) is 20.4. The molecule has 4 aromatic rings. The lowest BCUT2D eigenvalue weighted by molar-refractivity contribution is 0.0714. The van der Waals surface area contributed by atoms with Gasteiger partial charge in [0.1, 0.15) is 12.2 Å². The minimum atomic E-state index is -0.718. The predicted molar refractivity (Wildman–Crippen MR) is 143 cm³/mol. The molecule has 8 nitrogen and oxygen atoms in total. The summed E-state index contributed by atoms with van der Waals surface area (Å²) >= 11 is 3.43. The molecule has 0 bridgehead atoms. The topological polar surface area (TPSA) is 87.4 Å². The number of halogens is 1. The molecule has 3 aromatic carbocycles. The third-order valence-electron chi connectivity index (χ3n) is 6.58. The highest BCUT2D eigenvalue weighted by Gasteiger charge is 2.43. The van der Waals surface area contributed by atoms with Crippen molar-refractivity contribution in [1.82, 2.24) is 4.90 Å². The van der Waals surface area contributed by atoms with Gasteiger partial charge in [-0.2, -0.15) is 0 Å². The van der Waals surface area contributed by atoms with E-state index in [0.717, 1.165) is 10.0 Å². The van der Waals surface area contributed by atoms with Gasteiger partial charge in [-0.3, -0.25) is 9.59 Å². The first-order valence-electron chi connectivity index (χ1n) is 11.9. The Bertz CT molecular complexity index is 1660. The van der Waals surface area contributed by atoms with Crippen molar-refractivity contribution in [3.05, 3.63) is 104 Å². The average Bonchev–Trinajstić information content (AvgIpc) is 3.50. The summed E-state index contributed by atoms with van der Waals surface area (Å²) in [5, 5.41) is 0.388. The molecule has 1 amide bonds. The van der Waals surface area contributed by atoms with E-state index in [9.17, 15) is 9.59 Å². The van der Waals surface area contributed by atoms with Crippen LogP contribution in [0.2, 0.25) is 0 Å². The van der Waals surface area contributed by atoms with Gasteiger partial charge in [-0.25, -0.2) is 0 Å². The smallest absolute Gasteiger partial charge is 0.291 e. The number of benzene rings is 3. The summed E-state index contributed by atoms with van der Waals surface area (Å²) in [6, 6.07) is 15.3. The van der Waals surface area contributed by atoms with Gasteiger partial charge in [0.2, 0.25) is 12.6 Å². The summed E-state index contributed by atoms with van der Waals surface area (Å²) in [5.41, 5.74) is 1.86. The van der Waals surface area contributed by atoms with Crippen molar-refractivity contribution in [3.63, 3.8) is 0 Å². The van der Waals surface area contributed by atoms with Crippen LogP contribution >= 0.6 is 15.9 Å². The molecule has 0 saturated heterocycles. The highest BCUT2D eigenvalue weighted by molar-refractivity contribution is 9.10. The molecule has 9 heteroatoms. The van der Waals surface area contributed by atoms with E-state index in [0.29, 0.717) is 46.1 Å². The quantitative estimate of drug-likeness (QED) is 0.265. The highest BCUT2D eigenvalue weighted by atomic mass is 79.9. The molecule has 1 unspecified atom stereocenters. The number of methoxy groups -OCH3 is 1. The van der Waals surface area contributed by atoms with Crippen LogP contribution in [0.1, 0.15) is 33.3 Å². The average molecular weight is 576 g/mol. The van der Waals surface area contributed by atoms with Crippen LogP contribution in [-0.4, -0.2) is 31.3 Å². The molecular weight excluding hydrogens is 554 g/mol. The van der Waals surface area contributed by atoms with Gasteiger partial charge in [-0.05, 0) is 53.6 Å². The van der Waals surface area contributed by atoms with E-state index in [4.69, 9.17) is 23.4 Å². The molecule has 2 aliphatic heterocycles. The number of carbonyl (C=O) groups excluding carboxylic acids is 1. The van der Waals surface area contributed by atoms with Gasteiger partial charge in [0, 0.05) is 11.0 Å². The van der Waals surface area contributed by atoms with E-state index in [1.165, 1.54) is 7.11 Å². The minimum absolute atomic E-state index is 0.0292. The van der Waals surface area contributed by atoms with Crippen LogP contribution in [0.4, 0.5) is 0 Å². The number of hydrogen-bond acceptors (Lipinski definition) is 7. The molecule has 0 spiro atoms. The van der Waals surface area contributed by atoms with Crippen LogP contribution in [0.25, 0.3) is 11.0 Å². The minimum Gasteiger partial charge on any atom is -0.493 e. The van der Waals surface area contributed by atoms with Crippen molar-refractivity contribution in [2.45, 2.75) is 12.6 Å². The molecular formula is C29H22BrNO7. The van der Waals surface area contributed by atoms with Crippen molar-refractivity contribution < 1.29 is 28.2 Å². The molecule has 192 valence electrons. The Labute approximate surface area is 226 Å². The van der Waals surface area contributed by atoms with E-state index < -0.39 is 6.04 Å². The van der Waals surface area contributed by atoms with Crippen LogP contribution < -0.4 is 24.4 Å². The van der Waals surface area contributed by atoms with Crippen LogP contribution in [0.5, 0.6) is 23.0 Å². The van der Waals surface area contributed by atoms with E-state index in [1.54, 1.807) is 41.3 Å². The normalized spacial score (nSPS) is 15.6. The van der Waals surface area contributed by atoms with Gasteiger partial charge in [-0.15, -0.1) is 0 Å². The zero-order valence-corrected chi connectivity index (χ0v) is 21.9. The maximum Gasteiger partial charge on any atom is 0.291 e.